The summed E-state index contributed by atoms with van der Waals surface area (Å²) in [5, 5.41) is 5.89. The van der Waals surface area contributed by atoms with Gasteiger partial charge in [0.1, 0.15) is 11.4 Å². The first-order chi connectivity index (χ1) is 13.5. The molecule has 0 atom stereocenters. The lowest BCUT2D eigenvalue weighted by molar-refractivity contribution is -0.116. The zero-order chi connectivity index (χ0) is 19.7. The van der Waals surface area contributed by atoms with Crippen LogP contribution in [0, 0.1) is 6.92 Å². The van der Waals surface area contributed by atoms with Gasteiger partial charge < -0.3 is 5.32 Å². The fourth-order valence-corrected chi connectivity index (χ4v) is 4.01. The topological polar surface area (TPSA) is 64.0 Å². The van der Waals surface area contributed by atoms with Crippen LogP contribution in [0.5, 0.6) is 0 Å². The highest BCUT2D eigenvalue weighted by Crippen LogP contribution is 2.31. The first-order valence-electron chi connectivity index (χ1n) is 8.61. The number of anilines is 1. The number of para-hydroxylation sites is 1. The van der Waals surface area contributed by atoms with Crippen LogP contribution in [0.3, 0.4) is 0 Å². The minimum atomic E-state index is -0.277. The number of carbonyl (C=O) groups excluding carboxylic acids is 1. The normalized spacial score (nSPS) is 10.9. The number of thiophene rings is 1. The highest BCUT2D eigenvalue weighted by molar-refractivity contribution is 7.17. The van der Waals surface area contributed by atoms with Crippen molar-refractivity contribution in [1.82, 2.24) is 9.55 Å². The second-order valence-electron chi connectivity index (χ2n) is 6.38. The van der Waals surface area contributed by atoms with Gasteiger partial charge in [0, 0.05) is 21.7 Å². The standard InChI is InChI=1S/C21H16ClN3O2S/c1-13-4-2-3-5-17(13)24-18(26)10-25-12-23-20-19(21(25)27)16(11-28-20)14-6-8-15(22)9-7-14/h2-9,11-12H,10H2,1H3,(H,24,26). The number of aromatic nitrogens is 2. The summed E-state index contributed by atoms with van der Waals surface area (Å²) in [4.78, 5) is 30.5. The highest BCUT2D eigenvalue weighted by Gasteiger charge is 2.15. The lowest BCUT2D eigenvalue weighted by atomic mass is 10.1. The third kappa shape index (κ3) is 3.56. The van der Waals surface area contributed by atoms with Crippen molar-refractivity contribution in [2.45, 2.75) is 13.5 Å². The number of hydrogen-bond acceptors (Lipinski definition) is 4. The summed E-state index contributed by atoms with van der Waals surface area (Å²) in [5.41, 5.74) is 3.13. The Labute approximate surface area is 170 Å². The monoisotopic (exact) mass is 409 g/mol. The highest BCUT2D eigenvalue weighted by atomic mass is 35.5. The number of nitrogens with zero attached hydrogens (tertiary/aromatic N) is 2. The molecule has 2 aromatic carbocycles. The van der Waals surface area contributed by atoms with E-state index in [1.165, 1.54) is 22.2 Å². The van der Waals surface area contributed by atoms with Gasteiger partial charge in [0.25, 0.3) is 5.56 Å². The molecule has 2 heterocycles. The summed E-state index contributed by atoms with van der Waals surface area (Å²) in [6.45, 7) is 1.81. The van der Waals surface area contributed by atoms with Crippen LogP contribution in [-0.4, -0.2) is 15.5 Å². The van der Waals surface area contributed by atoms with E-state index < -0.39 is 0 Å². The van der Waals surface area contributed by atoms with Crippen LogP contribution in [0.1, 0.15) is 5.56 Å². The van der Waals surface area contributed by atoms with E-state index in [9.17, 15) is 9.59 Å². The van der Waals surface area contributed by atoms with E-state index in [0.29, 0.717) is 15.2 Å². The number of rotatable bonds is 4. The number of halogens is 1. The molecule has 0 unspecified atom stereocenters. The first-order valence-corrected chi connectivity index (χ1v) is 9.87. The third-order valence-electron chi connectivity index (χ3n) is 4.45. The van der Waals surface area contributed by atoms with Crippen molar-refractivity contribution in [1.29, 1.82) is 0 Å². The maximum absolute atomic E-state index is 13.0. The molecule has 28 heavy (non-hydrogen) atoms. The van der Waals surface area contributed by atoms with E-state index in [4.69, 9.17) is 11.6 Å². The van der Waals surface area contributed by atoms with Crippen LogP contribution in [0.25, 0.3) is 21.3 Å². The van der Waals surface area contributed by atoms with Gasteiger partial charge in [-0.2, -0.15) is 0 Å². The molecule has 0 fully saturated rings. The van der Waals surface area contributed by atoms with Crippen LogP contribution in [-0.2, 0) is 11.3 Å². The molecule has 4 rings (SSSR count). The van der Waals surface area contributed by atoms with Gasteiger partial charge in [0.2, 0.25) is 5.91 Å². The van der Waals surface area contributed by atoms with Crippen molar-refractivity contribution >= 4 is 44.7 Å². The van der Waals surface area contributed by atoms with Crippen molar-refractivity contribution < 1.29 is 4.79 Å². The van der Waals surface area contributed by atoms with E-state index in [-0.39, 0.29) is 18.0 Å². The molecule has 0 spiro atoms. The summed E-state index contributed by atoms with van der Waals surface area (Å²) in [6, 6.07) is 14.8. The van der Waals surface area contributed by atoms with Crippen LogP contribution in [0.2, 0.25) is 5.02 Å². The van der Waals surface area contributed by atoms with Crippen LogP contribution in [0.4, 0.5) is 5.69 Å². The Hall–Kier alpha value is -2.96. The zero-order valence-corrected chi connectivity index (χ0v) is 16.6. The van der Waals surface area contributed by atoms with E-state index in [0.717, 1.165) is 22.4 Å². The summed E-state index contributed by atoms with van der Waals surface area (Å²) >= 11 is 7.36. The molecule has 0 bridgehead atoms. The van der Waals surface area contributed by atoms with Crippen molar-refractivity contribution in [2.24, 2.45) is 0 Å². The first kappa shape index (κ1) is 18.4. The van der Waals surface area contributed by atoms with E-state index >= 15 is 0 Å². The average molecular weight is 410 g/mol. The Morgan fingerprint density at radius 1 is 1.18 bits per heavy atom. The molecule has 0 radical (unpaired) electrons. The predicted molar refractivity (Wildman–Crippen MR) is 114 cm³/mol. The molecule has 5 nitrogen and oxygen atoms in total. The molecule has 7 heteroatoms. The van der Waals surface area contributed by atoms with Gasteiger partial charge in [-0.05, 0) is 36.2 Å². The molecule has 140 valence electrons. The zero-order valence-electron chi connectivity index (χ0n) is 15.0. The second kappa shape index (κ2) is 7.58. The average Bonchev–Trinajstić information content (AvgIpc) is 3.11. The van der Waals surface area contributed by atoms with Crippen molar-refractivity contribution in [3.63, 3.8) is 0 Å². The molecule has 4 aromatic rings. The molecular weight excluding hydrogens is 394 g/mol. The molecule has 1 amide bonds. The fraction of sp³-hybridized carbons (Fsp3) is 0.0952. The predicted octanol–water partition coefficient (Wildman–Crippen LogP) is 4.73. The maximum atomic E-state index is 13.0. The van der Waals surface area contributed by atoms with Crippen LogP contribution >= 0.6 is 22.9 Å². The minimum absolute atomic E-state index is 0.105. The Morgan fingerprint density at radius 3 is 2.68 bits per heavy atom. The number of aryl methyl sites for hydroxylation is 1. The van der Waals surface area contributed by atoms with Gasteiger partial charge in [0.15, 0.2) is 0 Å². The van der Waals surface area contributed by atoms with Gasteiger partial charge in [-0.25, -0.2) is 4.98 Å². The quantitative estimate of drug-likeness (QED) is 0.530. The number of amides is 1. The van der Waals surface area contributed by atoms with Crippen molar-refractivity contribution in [3.8, 4) is 11.1 Å². The molecule has 0 aliphatic carbocycles. The summed E-state index contributed by atoms with van der Waals surface area (Å²) in [7, 11) is 0. The largest absolute Gasteiger partial charge is 0.324 e. The van der Waals surface area contributed by atoms with E-state index in [1.807, 2.05) is 48.7 Å². The number of fused-ring (bicyclic) bond motifs is 1. The summed E-state index contributed by atoms with van der Waals surface area (Å²) in [6.07, 6.45) is 1.42. The Kier molecular flexibility index (Phi) is 4.98. The van der Waals surface area contributed by atoms with Gasteiger partial charge in [-0.15, -0.1) is 11.3 Å². The molecule has 0 saturated carbocycles. The Bertz CT molecular complexity index is 1230. The fourth-order valence-electron chi connectivity index (χ4n) is 2.98. The maximum Gasteiger partial charge on any atom is 0.263 e. The second-order valence-corrected chi connectivity index (χ2v) is 7.67. The third-order valence-corrected chi connectivity index (χ3v) is 5.59. The van der Waals surface area contributed by atoms with Crippen molar-refractivity contribution in [2.75, 3.05) is 5.32 Å². The molecule has 1 N–H and O–H groups in total. The van der Waals surface area contributed by atoms with E-state index in [2.05, 4.69) is 10.3 Å². The molecule has 0 aliphatic rings. The number of nitrogens with one attached hydrogen (secondary N) is 1. The van der Waals surface area contributed by atoms with Gasteiger partial charge >= 0.3 is 0 Å². The smallest absolute Gasteiger partial charge is 0.263 e. The molecular formula is C21H16ClN3O2S. The van der Waals surface area contributed by atoms with Crippen molar-refractivity contribution in [3.05, 3.63) is 81.2 Å². The lowest BCUT2D eigenvalue weighted by Gasteiger charge is -2.09. The number of benzene rings is 2. The lowest BCUT2D eigenvalue weighted by Crippen LogP contribution is -2.28. The van der Waals surface area contributed by atoms with Crippen LogP contribution < -0.4 is 10.9 Å². The minimum Gasteiger partial charge on any atom is -0.324 e. The summed E-state index contributed by atoms with van der Waals surface area (Å²) < 4.78 is 1.34. The van der Waals surface area contributed by atoms with Crippen LogP contribution in [0.15, 0.2) is 65.0 Å². The van der Waals surface area contributed by atoms with Gasteiger partial charge in [-0.1, -0.05) is 41.9 Å². The Morgan fingerprint density at radius 2 is 1.93 bits per heavy atom. The molecule has 0 aliphatic heterocycles. The number of hydrogen-bond donors (Lipinski definition) is 1. The molecule has 0 saturated heterocycles. The summed E-state index contributed by atoms with van der Waals surface area (Å²) in [5.74, 6) is -0.277. The van der Waals surface area contributed by atoms with E-state index in [1.54, 1.807) is 12.1 Å². The number of carbonyl (C=O) groups is 1. The SMILES string of the molecule is Cc1ccccc1NC(=O)Cn1cnc2scc(-c3ccc(Cl)cc3)c2c1=O. The van der Waals surface area contributed by atoms with Gasteiger partial charge in [-0.3, -0.25) is 14.2 Å². The van der Waals surface area contributed by atoms with Gasteiger partial charge in [0.05, 0.1) is 11.7 Å². The molecule has 2 aromatic heterocycles. The Balaban J connectivity index is 1.67.